The highest BCUT2D eigenvalue weighted by atomic mass is 35.5. The molecule has 5 heteroatoms. The van der Waals surface area contributed by atoms with Gasteiger partial charge in [0.1, 0.15) is 5.02 Å². The predicted octanol–water partition coefficient (Wildman–Crippen LogP) is 2.61. The maximum Gasteiger partial charge on any atom is 0.169 e. The Morgan fingerprint density at radius 2 is 2.00 bits per heavy atom. The average Bonchev–Trinajstić information content (AvgIpc) is 2.89. The number of halogens is 2. The summed E-state index contributed by atoms with van der Waals surface area (Å²) in [5.74, 6) is -0.567. The molecule has 0 bridgehead atoms. The van der Waals surface area contributed by atoms with Gasteiger partial charge in [-0.05, 0) is 25.8 Å². The molecule has 0 spiro atoms. The fraction of sp³-hybridized carbons (Fsp3) is 0.400. The van der Waals surface area contributed by atoms with E-state index in [1.165, 1.54) is 6.07 Å². The van der Waals surface area contributed by atoms with Gasteiger partial charge in [0.25, 0.3) is 0 Å². The zero-order valence-electron chi connectivity index (χ0n) is 8.40. The largest absolute Gasteiger partial charge is 0.397 e. The number of hydrogen-bond donors (Lipinski definition) is 3. The Hall–Kier alpha value is -1.16. The smallest absolute Gasteiger partial charge is 0.169 e. The molecule has 1 aliphatic rings. The first-order valence-electron chi connectivity index (χ1n) is 4.74. The molecule has 1 aromatic carbocycles. The van der Waals surface area contributed by atoms with Gasteiger partial charge in [-0.3, -0.25) is 0 Å². The molecule has 1 fully saturated rings. The first-order valence-corrected chi connectivity index (χ1v) is 5.12. The fourth-order valence-electron chi connectivity index (χ4n) is 1.41. The highest BCUT2D eigenvalue weighted by Gasteiger charge is 2.38. The molecule has 0 aromatic heterocycles. The summed E-state index contributed by atoms with van der Waals surface area (Å²) in [5, 5.41) is 2.98. The highest BCUT2D eigenvalue weighted by molar-refractivity contribution is 6.33. The molecule has 0 heterocycles. The molecule has 5 N–H and O–H groups in total. The van der Waals surface area contributed by atoms with E-state index in [0.29, 0.717) is 5.69 Å². The normalized spacial score (nSPS) is 17.5. The van der Waals surface area contributed by atoms with Crippen molar-refractivity contribution < 1.29 is 4.39 Å². The molecule has 0 saturated heterocycles. The van der Waals surface area contributed by atoms with Gasteiger partial charge in [0.15, 0.2) is 5.82 Å². The van der Waals surface area contributed by atoms with Crippen LogP contribution in [-0.2, 0) is 0 Å². The molecule has 2 rings (SSSR count). The fourth-order valence-corrected chi connectivity index (χ4v) is 1.56. The van der Waals surface area contributed by atoms with E-state index in [2.05, 4.69) is 5.32 Å². The van der Waals surface area contributed by atoms with Gasteiger partial charge in [0, 0.05) is 5.54 Å². The Balaban J connectivity index is 2.41. The second-order valence-corrected chi connectivity index (χ2v) is 4.62. The lowest BCUT2D eigenvalue weighted by atomic mass is 10.2. The molecular formula is C10H13ClFN3. The highest BCUT2D eigenvalue weighted by Crippen LogP contribution is 2.42. The molecule has 3 nitrogen and oxygen atoms in total. The molecule has 1 saturated carbocycles. The van der Waals surface area contributed by atoms with Crippen LogP contribution in [0.25, 0.3) is 0 Å². The van der Waals surface area contributed by atoms with Crippen LogP contribution in [0.2, 0.25) is 5.02 Å². The van der Waals surface area contributed by atoms with Crippen LogP contribution in [0.5, 0.6) is 0 Å². The third-order valence-electron chi connectivity index (χ3n) is 2.69. The van der Waals surface area contributed by atoms with Crippen LogP contribution in [0, 0.1) is 5.82 Å². The zero-order chi connectivity index (χ0) is 11.2. The summed E-state index contributed by atoms with van der Waals surface area (Å²) in [6, 6.07) is 1.47. The third kappa shape index (κ3) is 1.81. The zero-order valence-corrected chi connectivity index (χ0v) is 9.16. The second kappa shape index (κ2) is 3.17. The number of nitrogens with one attached hydrogen (secondary N) is 1. The van der Waals surface area contributed by atoms with Crippen LogP contribution in [0.15, 0.2) is 6.07 Å². The first-order chi connectivity index (χ1) is 6.93. The Morgan fingerprint density at radius 3 is 2.53 bits per heavy atom. The van der Waals surface area contributed by atoms with Gasteiger partial charge in [-0.25, -0.2) is 4.39 Å². The van der Waals surface area contributed by atoms with Gasteiger partial charge >= 0.3 is 0 Å². The van der Waals surface area contributed by atoms with E-state index in [9.17, 15) is 4.39 Å². The van der Waals surface area contributed by atoms with Crippen LogP contribution in [0.3, 0.4) is 0 Å². The maximum absolute atomic E-state index is 13.7. The molecule has 15 heavy (non-hydrogen) atoms. The second-order valence-electron chi connectivity index (χ2n) is 4.24. The summed E-state index contributed by atoms with van der Waals surface area (Å²) in [4.78, 5) is 0. The van der Waals surface area contributed by atoms with Gasteiger partial charge in [-0.1, -0.05) is 11.6 Å². The number of benzene rings is 1. The van der Waals surface area contributed by atoms with Gasteiger partial charge < -0.3 is 16.8 Å². The lowest BCUT2D eigenvalue weighted by Crippen LogP contribution is -2.18. The Morgan fingerprint density at radius 1 is 1.40 bits per heavy atom. The third-order valence-corrected chi connectivity index (χ3v) is 3.08. The summed E-state index contributed by atoms with van der Waals surface area (Å²) < 4.78 is 13.7. The van der Waals surface area contributed by atoms with Gasteiger partial charge in [0.05, 0.1) is 17.1 Å². The summed E-state index contributed by atoms with van der Waals surface area (Å²) in [7, 11) is 0. The van der Waals surface area contributed by atoms with Gasteiger partial charge in [-0.2, -0.15) is 0 Å². The van der Waals surface area contributed by atoms with Crippen molar-refractivity contribution >= 4 is 28.7 Å². The molecule has 0 aliphatic heterocycles. The van der Waals surface area contributed by atoms with Crippen LogP contribution in [0.1, 0.15) is 19.8 Å². The molecule has 0 radical (unpaired) electrons. The van der Waals surface area contributed by atoms with Crippen LogP contribution in [-0.4, -0.2) is 5.54 Å². The van der Waals surface area contributed by atoms with Gasteiger partial charge in [0.2, 0.25) is 0 Å². The van der Waals surface area contributed by atoms with E-state index in [1.807, 2.05) is 6.92 Å². The first kappa shape index (κ1) is 10.4. The number of nitrogens with two attached hydrogens (primary N) is 2. The maximum atomic E-state index is 13.7. The molecular weight excluding hydrogens is 217 g/mol. The van der Waals surface area contributed by atoms with Crippen molar-refractivity contribution in [1.82, 2.24) is 0 Å². The van der Waals surface area contributed by atoms with Crippen molar-refractivity contribution in [1.29, 1.82) is 0 Å². The predicted molar refractivity (Wildman–Crippen MR) is 61.5 cm³/mol. The molecule has 1 aromatic rings. The van der Waals surface area contributed by atoms with Crippen LogP contribution >= 0.6 is 11.6 Å². The molecule has 0 amide bonds. The molecule has 0 unspecified atom stereocenters. The topological polar surface area (TPSA) is 64.1 Å². The van der Waals surface area contributed by atoms with Crippen molar-refractivity contribution in [3.63, 3.8) is 0 Å². The quantitative estimate of drug-likeness (QED) is 0.683. The van der Waals surface area contributed by atoms with E-state index >= 15 is 0 Å². The summed E-state index contributed by atoms with van der Waals surface area (Å²) in [6.45, 7) is 2.01. The van der Waals surface area contributed by atoms with Crippen molar-refractivity contribution in [2.24, 2.45) is 0 Å². The van der Waals surface area contributed by atoms with E-state index in [0.717, 1.165) is 12.8 Å². The minimum Gasteiger partial charge on any atom is -0.397 e. The number of hydrogen-bond acceptors (Lipinski definition) is 3. The minimum absolute atomic E-state index is 0.0472. The molecule has 1 aliphatic carbocycles. The van der Waals surface area contributed by atoms with Crippen molar-refractivity contribution in [3.8, 4) is 0 Å². The number of anilines is 3. The van der Waals surface area contributed by atoms with E-state index < -0.39 is 5.82 Å². The average molecular weight is 230 g/mol. The SMILES string of the molecule is CC1(Nc2c(N)cc(N)c(Cl)c2F)CC1. The lowest BCUT2D eigenvalue weighted by Gasteiger charge is -2.17. The minimum atomic E-state index is -0.567. The monoisotopic (exact) mass is 229 g/mol. The Bertz CT molecular complexity index is 416. The van der Waals surface area contributed by atoms with Crippen LogP contribution in [0.4, 0.5) is 21.5 Å². The Kier molecular flexibility index (Phi) is 2.19. The van der Waals surface area contributed by atoms with Crippen molar-refractivity contribution in [2.45, 2.75) is 25.3 Å². The van der Waals surface area contributed by atoms with Crippen molar-refractivity contribution in [3.05, 3.63) is 16.9 Å². The number of rotatable bonds is 2. The summed E-state index contributed by atoms with van der Waals surface area (Å²) in [6.07, 6.45) is 2.02. The summed E-state index contributed by atoms with van der Waals surface area (Å²) >= 11 is 5.71. The van der Waals surface area contributed by atoms with E-state index in [4.69, 9.17) is 23.1 Å². The number of nitrogen functional groups attached to an aromatic ring is 2. The van der Waals surface area contributed by atoms with E-state index in [-0.39, 0.29) is 21.9 Å². The van der Waals surface area contributed by atoms with Crippen molar-refractivity contribution in [2.75, 3.05) is 16.8 Å². The molecule has 0 atom stereocenters. The Labute approximate surface area is 92.6 Å². The summed E-state index contributed by atoms with van der Waals surface area (Å²) in [5.41, 5.74) is 11.8. The van der Waals surface area contributed by atoms with Crippen LogP contribution < -0.4 is 16.8 Å². The van der Waals surface area contributed by atoms with Gasteiger partial charge in [-0.15, -0.1) is 0 Å². The molecule has 82 valence electrons. The lowest BCUT2D eigenvalue weighted by molar-refractivity contribution is 0.627. The standard InChI is InChI=1S/C10H13ClFN3/c1-10(2-3-10)15-9-6(14)4-5(13)7(11)8(9)12/h4,15H,2-3,13-14H2,1H3. The van der Waals surface area contributed by atoms with E-state index in [1.54, 1.807) is 0 Å².